The van der Waals surface area contributed by atoms with Gasteiger partial charge in [-0.15, -0.1) is 0 Å². The highest BCUT2D eigenvalue weighted by atomic mass is 16.5. The highest BCUT2D eigenvalue weighted by Crippen LogP contribution is 2.34. The molecule has 1 N–H and O–H groups in total. The van der Waals surface area contributed by atoms with E-state index in [1.54, 1.807) is 18.2 Å². The van der Waals surface area contributed by atoms with Crippen LogP contribution in [0.3, 0.4) is 0 Å². The molecule has 0 saturated carbocycles. The lowest BCUT2D eigenvalue weighted by molar-refractivity contribution is -0.121. The molecule has 1 aliphatic rings. The Morgan fingerprint density at radius 2 is 1.58 bits per heavy atom. The summed E-state index contributed by atoms with van der Waals surface area (Å²) in [5.74, 6) is 0.623. The molecule has 1 aliphatic heterocycles. The molecule has 0 spiro atoms. The Bertz CT molecular complexity index is 806. The van der Waals surface area contributed by atoms with Gasteiger partial charge in [-0.25, -0.2) is 4.90 Å². The fourth-order valence-electron chi connectivity index (χ4n) is 2.97. The van der Waals surface area contributed by atoms with E-state index in [9.17, 15) is 9.59 Å². The zero-order valence-corrected chi connectivity index (χ0v) is 14.9. The lowest BCUT2D eigenvalue weighted by atomic mass is 10.2. The molecule has 0 radical (unpaired) electrons. The van der Waals surface area contributed by atoms with Crippen molar-refractivity contribution in [2.75, 3.05) is 23.4 Å². The first-order valence-electron chi connectivity index (χ1n) is 8.72. The third kappa shape index (κ3) is 3.49. The number of hydrogen-bond acceptors (Lipinski definition) is 5. The Morgan fingerprint density at radius 1 is 0.962 bits per heavy atom. The maximum Gasteiger partial charge on any atom is 0.256 e. The van der Waals surface area contributed by atoms with E-state index >= 15 is 0 Å². The van der Waals surface area contributed by atoms with Gasteiger partial charge in [0.05, 0.1) is 31.0 Å². The number of para-hydroxylation sites is 4. The number of benzene rings is 2. The van der Waals surface area contributed by atoms with E-state index in [1.807, 2.05) is 44.2 Å². The molecule has 2 aromatic rings. The third-order valence-electron chi connectivity index (χ3n) is 4.07. The molecule has 26 heavy (non-hydrogen) atoms. The van der Waals surface area contributed by atoms with Crippen molar-refractivity contribution in [2.24, 2.45) is 0 Å². The number of nitrogens with zero attached hydrogens (tertiary/aromatic N) is 1. The van der Waals surface area contributed by atoms with E-state index in [2.05, 4.69) is 5.32 Å². The second kappa shape index (κ2) is 7.91. The minimum Gasteiger partial charge on any atom is -0.492 e. The van der Waals surface area contributed by atoms with Gasteiger partial charge in [-0.3, -0.25) is 9.59 Å². The molecular formula is C20H22N2O4. The fourth-order valence-corrected chi connectivity index (χ4v) is 2.97. The van der Waals surface area contributed by atoms with Crippen molar-refractivity contribution in [3.8, 4) is 11.5 Å². The zero-order valence-electron chi connectivity index (χ0n) is 14.9. The highest BCUT2D eigenvalue weighted by molar-refractivity contribution is 6.23. The SMILES string of the molecule is CCOc1ccccc1N[C@H]1CC(=O)N(c2ccccc2OCC)C1=O. The molecule has 6 nitrogen and oxygen atoms in total. The van der Waals surface area contributed by atoms with E-state index < -0.39 is 6.04 Å². The van der Waals surface area contributed by atoms with Crippen LogP contribution in [0.5, 0.6) is 11.5 Å². The third-order valence-corrected chi connectivity index (χ3v) is 4.07. The van der Waals surface area contributed by atoms with Crippen molar-refractivity contribution in [1.29, 1.82) is 0 Å². The van der Waals surface area contributed by atoms with E-state index in [1.165, 1.54) is 4.90 Å². The number of imide groups is 1. The van der Waals surface area contributed by atoms with E-state index in [0.29, 0.717) is 36.1 Å². The maximum atomic E-state index is 12.9. The fraction of sp³-hybridized carbons (Fsp3) is 0.300. The molecule has 1 heterocycles. The zero-order chi connectivity index (χ0) is 18.5. The summed E-state index contributed by atoms with van der Waals surface area (Å²) in [6.45, 7) is 4.73. The summed E-state index contributed by atoms with van der Waals surface area (Å²) in [6.07, 6.45) is 0.0831. The van der Waals surface area contributed by atoms with Gasteiger partial charge in [-0.05, 0) is 38.1 Å². The smallest absolute Gasteiger partial charge is 0.256 e. The van der Waals surface area contributed by atoms with E-state index in [4.69, 9.17) is 9.47 Å². The molecule has 1 fully saturated rings. The highest BCUT2D eigenvalue weighted by Gasteiger charge is 2.41. The summed E-state index contributed by atoms with van der Waals surface area (Å²) in [6, 6.07) is 13.8. The first-order chi connectivity index (χ1) is 12.7. The van der Waals surface area contributed by atoms with Gasteiger partial charge < -0.3 is 14.8 Å². The van der Waals surface area contributed by atoms with Crippen LogP contribution in [0.2, 0.25) is 0 Å². The summed E-state index contributed by atoms with van der Waals surface area (Å²) >= 11 is 0. The molecule has 6 heteroatoms. The van der Waals surface area contributed by atoms with Gasteiger partial charge in [0.1, 0.15) is 17.5 Å². The van der Waals surface area contributed by atoms with Crippen LogP contribution in [0.25, 0.3) is 0 Å². The van der Waals surface area contributed by atoms with Gasteiger partial charge >= 0.3 is 0 Å². The minimum atomic E-state index is -0.640. The largest absolute Gasteiger partial charge is 0.492 e. The predicted molar refractivity (Wildman–Crippen MR) is 99.7 cm³/mol. The quantitative estimate of drug-likeness (QED) is 0.773. The van der Waals surface area contributed by atoms with Crippen molar-refractivity contribution >= 4 is 23.2 Å². The Labute approximate surface area is 152 Å². The van der Waals surface area contributed by atoms with Crippen LogP contribution < -0.4 is 19.7 Å². The van der Waals surface area contributed by atoms with Gasteiger partial charge in [0.15, 0.2) is 0 Å². The van der Waals surface area contributed by atoms with Crippen LogP contribution in [0.1, 0.15) is 20.3 Å². The first-order valence-corrected chi connectivity index (χ1v) is 8.72. The molecule has 1 saturated heterocycles. The number of hydrogen-bond donors (Lipinski definition) is 1. The second-order valence-corrected chi connectivity index (χ2v) is 5.80. The Balaban J connectivity index is 1.84. The van der Waals surface area contributed by atoms with Gasteiger partial charge in [-0.2, -0.15) is 0 Å². The predicted octanol–water partition coefficient (Wildman–Crippen LogP) is 3.23. The summed E-state index contributed by atoms with van der Waals surface area (Å²) in [5.41, 5.74) is 1.17. The monoisotopic (exact) mass is 354 g/mol. The molecule has 2 aromatic carbocycles. The van der Waals surface area contributed by atoms with Crippen molar-refractivity contribution in [3.05, 3.63) is 48.5 Å². The molecule has 2 amide bonds. The molecule has 0 aromatic heterocycles. The van der Waals surface area contributed by atoms with Crippen LogP contribution in [-0.2, 0) is 9.59 Å². The normalized spacial score (nSPS) is 16.7. The van der Waals surface area contributed by atoms with Gasteiger partial charge in [0.25, 0.3) is 5.91 Å². The van der Waals surface area contributed by atoms with Crippen molar-refractivity contribution < 1.29 is 19.1 Å². The average molecular weight is 354 g/mol. The summed E-state index contributed by atoms with van der Waals surface area (Å²) in [4.78, 5) is 26.6. The van der Waals surface area contributed by atoms with E-state index in [0.717, 1.165) is 0 Å². The summed E-state index contributed by atoms with van der Waals surface area (Å²) in [5, 5.41) is 3.15. The van der Waals surface area contributed by atoms with Crippen molar-refractivity contribution in [1.82, 2.24) is 0 Å². The van der Waals surface area contributed by atoms with Gasteiger partial charge in [0.2, 0.25) is 5.91 Å². The second-order valence-electron chi connectivity index (χ2n) is 5.80. The average Bonchev–Trinajstić information content (AvgIpc) is 2.91. The number of nitrogens with one attached hydrogen (secondary N) is 1. The first kappa shape index (κ1) is 17.8. The summed E-state index contributed by atoms with van der Waals surface area (Å²) < 4.78 is 11.1. The molecule has 0 aliphatic carbocycles. The maximum absolute atomic E-state index is 12.9. The van der Waals surface area contributed by atoms with E-state index in [-0.39, 0.29) is 18.2 Å². The Hall–Kier alpha value is -3.02. The van der Waals surface area contributed by atoms with Gasteiger partial charge in [-0.1, -0.05) is 24.3 Å². The Morgan fingerprint density at radius 3 is 2.31 bits per heavy atom. The molecular weight excluding hydrogens is 332 g/mol. The van der Waals surface area contributed by atoms with Crippen LogP contribution in [0.4, 0.5) is 11.4 Å². The molecule has 136 valence electrons. The Kier molecular flexibility index (Phi) is 5.41. The molecule has 3 rings (SSSR count). The summed E-state index contributed by atoms with van der Waals surface area (Å²) in [7, 11) is 0. The van der Waals surface area contributed by atoms with Gasteiger partial charge in [0, 0.05) is 0 Å². The van der Waals surface area contributed by atoms with Crippen LogP contribution in [0, 0.1) is 0 Å². The molecule has 1 atom stereocenters. The topological polar surface area (TPSA) is 67.9 Å². The van der Waals surface area contributed by atoms with Crippen molar-refractivity contribution in [3.63, 3.8) is 0 Å². The number of anilines is 2. The standard InChI is InChI=1S/C20H22N2O4/c1-3-25-17-11-7-5-9-14(17)21-15-13-19(23)22(20(15)24)16-10-6-8-12-18(16)26-4-2/h5-12,15,21H,3-4,13H2,1-2H3/t15-/m0/s1. The number of rotatable bonds is 7. The molecule has 0 unspecified atom stereocenters. The lowest BCUT2D eigenvalue weighted by Gasteiger charge is -2.19. The molecule has 0 bridgehead atoms. The number of carbonyl (C=O) groups excluding carboxylic acids is 2. The number of carbonyl (C=O) groups is 2. The van der Waals surface area contributed by atoms with Crippen molar-refractivity contribution in [2.45, 2.75) is 26.3 Å². The van der Waals surface area contributed by atoms with Crippen LogP contribution >= 0.6 is 0 Å². The van der Waals surface area contributed by atoms with Crippen LogP contribution in [0.15, 0.2) is 48.5 Å². The number of amides is 2. The van der Waals surface area contributed by atoms with Crippen LogP contribution in [-0.4, -0.2) is 31.1 Å². The minimum absolute atomic E-state index is 0.0831. The lowest BCUT2D eigenvalue weighted by Crippen LogP contribution is -2.35. The number of ether oxygens (including phenoxy) is 2.